The third-order valence-electron chi connectivity index (χ3n) is 4.13. The summed E-state index contributed by atoms with van der Waals surface area (Å²) in [7, 11) is 0. The average Bonchev–Trinajstić information content (AvgIpc) is 2.63. The van der Waals surface area contributed by atoms with Crippen molar-refractivity contribution < 1.29 is 13.6 Å². The van der Waals surface area contributed by atoms with Crippen molar-refractivity contribution in [3.63, 3.8) is 0 Å². The van der Waals surface area contributed by atoms with E-state index in [1.54, 1.807) is 0 Å². The summed E-state index contributed by atoms with van der Waals surface area (Å²) >= 11 is 0. The van der Waals surface area contributed by atoms with Gasteiger partial charge in [0.1, 0.15) is 11.6 Å². The predicted octanol–water partition coefficient (Wildman–Crippen LogP) is 3.66. The molecule has 2 rings (SSSR count). The van der Waals surface area contributed by atoms with Crippen LogP contribution >= 0.6 is 0 Å². The van der Waals surface area contributed by atoms with Crippen LogP contribution in [0.25, 0.3) is 0 Å². The van der Waals surface area contributed by atoms with Gasteiger partial charge in [0.15, 0.2) is 5.78 Å². The van der Waals surface area contributed by atoms with Crippen LogP contribution in [0.2, 0.25) is 0 Å². The lowest BCUT2D eigenvalue weighted by Gasteiger charge is -2.19. The molecule has 0 radical (unpaired) electrons. The molecule has 0 aromatic heterocycles. The van der Waals surface area contributed by atoms with Crippen LogP contribution in [0.15, 0.2) is 18.2 Å². The lowest BCUT2D eigenvalue weighted by Crippen LogP contribution is -2.31. The first-order valence-corrected chi connectivity index (χ1v) is 7.31. The third-order valence-corrected chi connectivity index (χ3v) is 4.13. The molecule has 110 valence electrons. The second-order valence-electron chi connectivity index (χ2n) is 5.50. The Morgan fingerprint density at radius 2 is 1.95 bits per heavy atom. The van der Waals surface area contributed by atoms with Gasteiger partial charge in [-0.3, -0.25) is 9.69 Å². The van der Waals surface area contributed by atoms with Crippen LogP contribution in [0, 0.1) is 17.6 Å². The van der Waals surface area contributed by atoms with Crippen molar-refractivity contribution in [1.29, 1.82) is 0 Å². The van der Waals surface area contributed by atoms with Gasteiger partial charge in [-0.15, -0.1) is 0 Å². The quantitative estimate of drug-likeness (QED) is 0.785. The van der Waals surface area contributed by atoms with Crippen molar-refractivity contribution in [1.82, 2.24) is 4.90 Å². The van der Waals surface area contributed by atoms with E-state index in [0.29, 0.717) is 5.92 Å². The maximum atomic E-state index is 13.6. The second kappa shape index (κ2) is 6.93. The molecule has 0 amide bonds. The summed E-state index contributed by atoms with van der Waals surface area (Å²) in [6.45, 7) is 3.95. The van der Waals surface area contributed by atoms with Crippen LogP contribution in [0.4, 0.5) is 8.78 Å². The Hall–Kier alpha value is -1.29. The van der Waals surface area contributed by atoms with Gasteiger partial charge in [-0.05, 0) is 50.4 Å². The molecule has 20 heavy (non-hydrogen) atoms. The molecule has 0 N–H and O–H groups in total. The van der Waals surface area contributed by atoms with E-state index in [9.17, 15) is 13.6 Å². The average molecular weight is 281 g/mol. The highest BCUT2D eigenvalue weighted by molar-refractivity contribution is 5.98. The number of halogens is 2. The highest BCUT2D eigenvalue weighted by Crippen LogP contribution is 2.21. The van der Waals surface area contributed by atoms with E-state index in [0.717, 1.165) is 44.5 Å². The van der Waals surface area contributed by atoms with E-state index >= 15 is 0 Å². The molecule has 1 heterocycles. The van der Waals surface area contributed by atoms with E-state index in [-0.39, 0.29) is 6.54 Å². The van der Waals surface area contributed by atoms with Gasteiger partial charge in [0.05, 0.1) is 12.1 Å². The second-order valence-corrected chi connectivity index (χ2v) is 5.50. The van der Waals surface area contributed by atoms with Crippen LogP contribution in [-0.2, 0) is 0 Å². The molecule has 1 aliphatic heterocycles. The Balaban J connectivity index is 2.01. The van der Waals surface area contributed by atoms with E-state index in [2.05, 4.69) is 6.92 Å². The number of carbonyl (C=O) groups excluding carboxylic acids is 1. The molecule has 1 saturated heterocycles. The minimum absolute atomic E-state index is 0.105. The van der Waals surface area contributed by atoms with Gasteiger partial charge in [0.25, 0.3) is 0 Å². The Morgan fingerprint density at radius 3 is 2.60 bits per heavy atom. The molecule has 1 aromatic carbocycles. The molecule has 1 aromatic rings. The van der Waals surface area contributed by atoms with Crippen molar-refractivity contribution in [3.8, 4) is 0 Å². The highest BCUT2D eigenvalue weighted by atomic mass is 19.1. The van der Waals surface area contributed by atoms with Gasteiger partial charge < -0.3 is 0 Å². The van der Waals surface area contributed by atoms with E-state index in [4.69, 9.17) is 0 Å². The smallest absolute Gasteiger partial charge is 0.182 e. The molecule has 0 bridgehead atoms. The number of hydrogen-bond acceptors (Lipinski definition) is 2. The Bertz CT molecular complexity index is 455. The van der Waals surface area contributed by atoms with Crippen molar-refractivity contribution >= 4 is 5.78 Å². The van der Waals surface area contributed by atoms with E-state index in [1.165, 1.54) is 12.5 Å². The van der Waals surface area contributed by atoms with Crippen LogP contribution < -0.4 is 0 Å². The summed E-state index contributed by atoms with van der Waals surface area (Å²) in [5, 5.41) is 0. The minimum Gasteiger partial charge on any atom is -0.296 e. The first-order valence-electron chi connectivity index (χ1n) is 7.31. The largest absolute Gasteiger partial charge is 0.296 e. The van der Waals surface area contributed by atoms with Crippen molar-refractivity contribution in [2.24, 2.45) is 5.92 Å². The monoisotopic (exact) mass is 281 g/mol. The molecule has 4 heteroatoms. The topological polar surface area (TPSA) is 20.3 Å². The fourth-order valence-corrected chi connectivity index (χ4v) is 2.84. The van der Waals surface area contributed by atoms with Gasteiger partial charge in [0, 0.05) is 0 Å². The molecule has 1 atom stereocenters. The molecular weight excluding hydrogens is 260 g/mol. The lowest BCUT2D eigenvalue weighted by molar-refractivity contribution is 0.0924. The van der Waals surface area contributed by atoms with Gasteiger partial charge in [-0.25, -0.2) is 8.78 Å². The van der Waals surface area contributed by atoms with Gasteiger partial charge >= 0.3 is 0 Å². The molecule has 0 aliphatic carbocycles. The van der Waals surface area contributed by atoms with Crippen LogP contribution in [-0.4, -0.2) is 30.3 Å². The molecule has 0 spiro atoms. The first kappa shape index (κ1) is 15.1. The number of rotatable bonds is 4. The standard InChI is InChI=1S/C16H21F2NO/c1-2-12-5-4-9-19(10-8-12)11-15(20)16-13(17)6-3-7-14(16)18/h3,6-7,12H,2,4-5,8-11H2,1H3. The van der Waals surface area contributed by atoms with Crippen LogP contribution in [0.3, 0.4) is 0 Å². The van der Waals surface area contributed by atoms with E-state index < -0.39 is 23.0 Å². The number of Topliss-reactive ketones (excluding diaryl/α,β-unsaturated/α-hetero) is 1. The summed E-state index contributed by atoms with van der Waals surface area (Å²) in [4.78, 5) is 14.1. The van der Waals surface area contributed by atoms with Crippen LogP contribution in [0.5, 0.6) is 0 Å². The van der Waals surface area contributed by atoms with Crippen LogP contribution in [0.1, 0.15) is 43.0 Å². The number of ketones is 1. The Morgan fingerprint density at radius 1 is 1.25 bits per heavy atom. The zero-order chi connectivity index (χ0) is 14.5. The molecular formula is C16H21F2NO. The summed E-state index contributed by atoms with van der Waals surface area (Å²) in [5.41, 5.74) is -0.399. The fraction of sp³-hybridized carbons (Fsp3) is 0.562. The van der Waals surface area contributed by atoms with Gasteiger partial charge in [-0.1, -0.05) is 19.4 Å². The minimum atomic E-state index is -0.767. The predicted molar refractivity (Wildman–Crippen MR) is 74.8 cm³/mol. The first-order chi connectivity index (χ1) is 9.61. The SMILES string of the molecule is CCC1CCCN(CC(=O)c2c(F)cccc2F)CC1. The molecule has 2 nitrogen and oxygen atoms in total. The zero-order valence-corrected chi connectivity index (χ0v) is 11.9. The highest BCUT2D eigenvalue weighted by Gasteiger charge is 2.22. The van der Waals surface area contributed by atoms with E-state index in [1.807, 2.05) is 4.90 Å². The summed E-state index contributed by atoms with van der Waals surface area (Å²) in [5.74, 6) is -1.29. The lowest BCUT2D eigenvalue weighted by atomic mass is 9.98. The Kier molecular flexibility index (Phi) is 5.24. The number of benzene rings is 1. The maximum Gasteiger partial charge on any atom is 0.182 e. The fourth-order valence-electron chi connectivity index (χ4n) is 2.84. The molecule has 1 aliphatic rings. The normalized spacial score (nSPS) is 20.6. The van der Waals surface area contributed by atoms with Crippen molar-refractivity contribution in [2.75, 3.05) is 19.6 Å². The number of carbonyl (C=O) groups is 1. The summed E-state index contributed by atoms with van der Waals surface area (Å²) in [6.07, 6.45) is 4.44. The van der Waals surface area contributed by atoms with Gasteiger partial charge in [0.2, 0.25) is 0 Å². The number of nitrogens with zero attached hydrogens (tertiary/aromatic N) is 1. The molecule has 0 saturated carbocycles. The number of hydrogen-bond donors (Lipinski definition) is 0. The van der Waals surface area contributed by atoms with Gasteiger partial charge in [-0.2, -0.15) is 0 Å². The van der Waals surface area contributed by atoms with Crippen molar-refractivity contribution in [3.05, 3.63) is 35.4 Å². The summed E-state index contributed by atoms with van der Waals surface area (Å²) in [6, 6.07) is 3.54. The van der Waals surface area contributed by atoms with Crippen molar-refractivity contribution in [2.45, 2.75) is 32.6 Å². The number of likely N-dealkylation sites (tertiary alicyclic amines) is 1. The third kappa shape index (κ3) is 3.63. The Labute approximate surface area is 118 Å². The zero-order valence-electron chi connectivity index (χ0n) is 11.9. The maximum absolute atomic E-state index is 13.6. The summed E-state index contributed by atoms with van der Waals surface area (Å²) < 4.78 is 27.1. The molecule has 1 fully saturated rings. The molecule has 1 unspecified atom stereocenters.